The molecule has 1 aliphatic rings. The summed E-state index contributed by atoms with van der Waals surface area (Å²) in [6, 6.07) is 3.74. The van der Waals surface area contributed by atoms with Crippen LogP contribution >= 0.6 is 9.39 Å². The number of methoxy groups -OCH3 is 2. The zero-order valence-electron chi connectivity index (χ0n) is 17.9. The van der Waals surface area contributed by atoms with Crippen LogP contribution in [0.15, 0.2) is 18.5 Å². The molecule has 12 heteroatoms. The van der Waals surface area contributed by atoms with Gasteiger partial charge in [0.2, 0.25) is 5.91 Å². The van der Waals surface area contributed by atoms with Crippen molar-refractivity contribution in [2.45, 2.75) is 26.2 Å². The van der Waals surface area contributed by atoms with Gasteiger partial charge >= 0.3 is 10.2 Å². The number of amides is 1. The van der Waals surface area contributed by atoms with Gasteiger partial charge in [0, 0.05) is 38.0 Å². The summed E-state index contributed by atoms with van der Waals surface area (Å²) in [5.74, 6) is 1.88. The molecule has 2 heterocycles. The highest BCUT2D eigenvalue weighted by atomic mass is 32.2. The molecule has 1 aromatic carbocycles. The van der Waals surface area contributed by atoms with Crippen LogP contribution in [0.1, 0.15) is 26.2 Å². The van der Waals surface area contributed by atoms with Gasteiger partial charge in [-0.05, 0) is 40.6 Å². The molecule has 1 atom stereocenters. The number of carbonyl (C=O) groups is 1. The molecule has 1 aromatic heterocycles. The summed E-state index contributed by atoms with van der Waals surface area (Å²) in [4.78, 5) is 22.1. The summed E-state index contributed by atoms with van der Waals surface area (Å²) in [6.45, 7) is 3.11. The lowest BCUT2D eigenvalue weighted by atomic mass is 9.93. The first-order chi connectivity index (χ1) is 14.7. The van der Waals surface area contributed by atoms with Gasteiger partial charge in [0.05, 0.1) is 19.7 Å². The molecule has 0 saturated carbocycles. The third kappa shape index (κ3) is 5.53. The van der Waals surface area contributed by atoms with Crippen LogP contribution in [-0.2, 0) is 15.0 Å². The first-order valence-electron chi connectivity index (χ1n) is 9.92. The summed E-state index contributed by atoms with van der Waals surface area (Å²) in [6.07, 6.45) is 4.09. The number of hydrogen-bond donors (Lipinski definition) is 1. The second kappa shape index (κ2) is 9.93. The number of anilines is 1. The molecule has 0 bridgehead atoms. The lowest BCUT2D eigenvalue weighted by molar-refractivity contribution is -0.117. The van der Waals surface area contributed by atoms with Gasteiger partial charge < -0.3 is 14.4 Å². The van der Waals surface area contributed by atoms with Crippen molar-refractivity contribution in [2.24, 2.45) is 5.92 Å². The van der Waals surface area contributed by atoms with E-state index in [1.165, 1.54) is 6.92 Å². The van der Waals surface area contributed by atoms with Gasteiger partial charge in [-0.15, -0.1) is 0 Å². The fourth-order valence-corrected chi connectivity index (χ4v) is 4.86. The van der Waals surface area contributed by atoms with Crippen LogP contribution in [0.3, 0.4) is 0 Å². The Bertz CT molecular complexity index is 1040. The molecule has 1 N–H and O–H groups in total. The Balaban J connectivity index is 1.65. The summed E-state index contributed by atoms with van der Waals surface area (Å²) < 4.78 is 37.9. The van der Waals surface area contributed by atoms with E-state index in [0.717, 1.165) is 46.7 Å². The van der Waals surface area contributed by atoms with Crippen molar-refractivity contribution in [1.29, 1.82) is 0 Å². The third-order valence-corrected chi connectivity index (χ3v) is 7.81. The van der Waals surface area contributed by atoms with Gasteiger partial charge in [0.15, 0.2) is 11.5 Å². The van der Waals surface area contributed by atoms with E-state index in [0.29, 0.717) is 30.4 Å². The van der Waals surface area contributed by atoms with E-state index >= 15 is 0 Å². The van der Waals surface area contributed by atoms with Gasteiger partial charge in [-0.2, -0.15) is 12.5 Å². The van der Waals surface area contributed by atoms with Crippen molar-refractivity contribution < 1.29 is 22.7 Å². The molecule has 1 amide bonds. The first kappa shape index (κ1) is 23.4. The normalized spacial score (nSPS) is 15.3. The van der Waals surface area contributed by atoms with Gasteiger partial charge in [0.25, 0.3) is 0 Å². The largest absolute Gasteiger partial charge is 0.493 e. The average Bonchev–Trinajstić information content (AvgIpc) is 2.75. The van der Waals surface area contributed by atoms with E-state index in [4.69, 9.17) is 9.47 Å². The molecule has 0 aliphatic carbocycles. The van der Waals surface area contributed by atoms with E-state index in [1.807, 2.05) is 16.9 Å². The number of aromatic nitrogens is 2. The van der Waals surface area contributed by atoms with E-state index < -0.39 is 16.1 Å². The second-order valence-electron chi connectivity index (χ2n) is 7.41. The van der Waals surface area contributed by atoms with Gasteiger partial charge in [-0.3, -0.25) is 4.79 Å². The van der Waals surface area contributed by atoms with E-state index in [-0.39, 0.29) is 0 Å². The van der Waals surface area contributed by atoms with Gasteiger partial charge in [-0.25, -0.2) is 14.7 Å². The van der Waals surface area contributed by atoms with Crippen LogP contribution in [0.4, 0.5) is 5.82 Å². The molecular formula is C19H28N5O5PS. The van der Waals surface area contributed by atoms with Crippen molar-refractivity contribution >= 4 is 42.2 Å². The maximum Gasteiger partial charge on any atom is 0.306 e. The molecule has 3 rings (SSSR count). The van der Waals surface area contributed by atoms with Crippen LogP contribution in [0.2, 0.25) is 0 Å². The maximum absolute atomic E-state index is 12.0. The Morgan fingerprint density at radius 2 is 1.87 bits per heavy atom. The Morgan fingerprint density at radius 3 is 2.48 bits per heavy atom. The molecule has 170 valence electrons. The van der Waals surface area contributed by atoms with Crippen LogP contribution in [0, 0.1) is 5.92 Å². The number of rotatable bonds is 8. The Hall–Kier alpha value is -2.23. The van der Waals surface area contributed by atoms with Crippen molar-refractivity contribution in [1.82, 2.24) is 18.8 Å². The summed E-state index contributed by atoms with van der Waals surface area (Å²) in [7, 11) is 1.56. The number of ether oxygens (including phenoxy) is 2. The summed E-state index contributed by atoms with van der Waals surface area (Å²) in [5, 5.41) is 0.899. The number of fused-ring (bicyclic) bond motifs is 1. The fraction of sp³-hybridized carbons (Fsp3) is 0.526. The second-order valence-corrected chi connectivity index (χ2v) is 10.0. The number of benzene rings is 1. The number of nitrogens with one attached hydrogen (secondary N) is 1. The molecule has 1 saturated heterocycles. The molecule has 0 spiro atoms. The van der Waals surface area contributed by atoms with Crippen molar-refractivity contribution in [3.8, 4) is 11.5 Å². The van der Waals surface area contributed by atoms with Crippen molar-refractivity contribution in [3.05, 3.63) is 18.5 Å². The molecule has 1 unspecified atom stereocenters. The molecular weight excluding hydrogens is 441 g/mol. The minimum Gasteiger partial charge on any atom is -0.493 e. The monoisotopic (exact) mass is 469 g/mol. The molecule has 2 aromatic rings. The SMILES string of the molecule is COc1cc2ncnc(N3CCC(CCN(P)S(=O)(=O)NC(C)=O)CC3)c2cc1OC. The van der Waals surface area contributed by atoms with Gasteiger partial charge in [0.1, 0.15) is 12.1 Å². The quantitative estimate of drug-likeness (QED) is 0.582. The Labute approximate surface area is 184 Å². The highest BCUT2D eigenvalue weighted by molar-refractivity contribution is 7.90. The smallest absolute Gasteiger partial charge is 0.306 e. The first-order valence-corrected chi connectivity index (χ1v) is 11.9. The minimum absolute atomic E-state index is 0.325. The highest BCUT2D eigenvalue weighted by Crippen LogP contribution is 2.36. The third-order valence-electron chi connectivity index (χ3n) is 5.37. The zero-order chi connectivity index (χ0) is 22.6. The number of nitrogens with zero attached hydrogens (tertiary/aromatic N) is 4. The topological polar surface area (TPSA) is 114 Å². The molecule has 1 fully saturated rings. The van der Waals surface area contributed by atoms with Crippen LogP contribution < -0.4 is 19.1 Å². The van der Waals surface area contributed by atoms with E-state index in [2.05, 4.69) is 24.3 Å². The van der Waals surface area contributed by atoms with E-state index in [9.17, 15) is 13.2 Å². The highest BCUT2D eigenvalue weighted by Gasteiger charge is 2.25. The molecule has 1 aliphatic heterocycles. The lowest BCUT2D eigenvalue weighted by Gasteiger charge is -2.33. The predicted octanol–water partition coefficient (Wildman–Crippen LogP) is 1.73. The predicted molar refractivity (Wildman–Crippen MR) is 121 cm³/mol. The summed E-state index contributed by atoms with van der Waals surface area (Å²) >= 11 is 0. The maximum atomic E-state index is 12.0. The van der Waals surface area contributed by atoms with E-state index in [1.54, 1.807) is 20.5 Å². The van der Waals surface area contributed by atoms with Crippen molar-refractivity contribution in [3.63, 3.8) is 0 Å². The summed E-state index contributed by atoms with van der Waals surface area (Å²) in [5.41, 5.74) is 0.784. The van der Waals surface area contributed by atoms with Crippen LogP contribution in [0.5, 0.6) is 11.5 Å². The van der Waals surface area contributed by atoms with Crippen molar-refractivity contribution in [2.75, 3.05) is 38.8 Å². The lowest BCUT2D eigenvalue weighted by Crippen LogP contribution is -2.39. The fourth-order valence-electron chi connectivity index (χ4n) is 3.73. The van der Waals surface area contributed by atoms with Gasteiger partial charge in [-0.1, -0.05) is 0 Å². The molecule has 0 radical (unpaired) electrons. The Kier molecular flexibility index (Phi) is 7.51. The van der Waals surface area contributed by atoms with Crippen LogP contribution in [-0.4, -0.2) is 62.2 Å². The Morgan fingerprint density at radius 1 is 1.23 bits per heavy atom. The average molecular weight is 470 g/mol. The number of hydrogen-bond acceptors (Lipinski definition) is 8. The minimum atomic E-state index is -3.80. The standard InChI is InChI=1S/C19H28N5O5PS/c1-13(25)22-31(26,27)24(30)9-6-14-4-7-23(8-5-14)19-15-10-17(28-2)18(29-3)11-16(15)20-12-21-19/h10-12,14H,4-9,30H2,1-3H3,(H,22,25). The molecule has 10 nitrogen and oxygen atoms in total. The zero-order valence-corrected chi connectivity index (χ0v) is 19.8. The van der Waals surface area contributed by atoms with Crippen LogP contribution in [0.25, 0.3) is 10.9 Å². The molecule has 31 heavy (non-hydrogen) atoms. The number of carbonyl (C=O) groups excluding carboxylic acids is 1. The number of piperidine rings is 1.